The van der Waals surface area contributed by atoms with Crippen molar-refractivity contribution in [2.24, 2.45) is 7.05 Å². The van der Waals surface area contributed by atoms with Gasteiger partial charge < -0.3 is 4.90 Å². The van der Waals surface area contributed by atoms with Crippen LogP contribution in [-0.4, -0.2) is 77.6 Å². The van der Waals surface area contributed by atoms with E-state index in [2.05, 4.69) is 10.00 Å². The summed E-state index contributed by atoms with van der Waals surface area (Å²) in [5, 5.41) is 5.32. The number of nitrogens with zero attached hydrogens (tertiary/aromatic N) is 4. The molecule has 3 heterocycles. The number of aryl methyl sites for hydroxylation is 1. The SMILES string of the molecule is Cn1nc(C(=O)N2CCN(C3CCS(=O)(=O)CC3)CC2)c2ccccc21. The molecule has 1 aromatic carbocycles. The number of para-hydroxylation sites is 1. The van der Waals surface area contributed by atoms with E-state index in [1.54, 1.807) is 4.68 Å². The molecule has 0 saturated carbocycles. The molecule has 2 fully saturated rings. The van der Waals surface area contributed by atoms with Gasteiger partial charge in [0.05, 0.1) is 17.0 Å². The van der Waals surface area contributed by atoms with Gasteiger partial charge in [-0.25, -0.2) is 8.42 Å². The van der Waals surface area contributed by atoms with Gasteiger partial charge in [0, 0.05) is 44.7 Å². The van der Waals surface area contributed by atoms with E-state index >= 15 is 0 Å². The molecule has 26 heavy (non-hydrogen) atoms. The van der Waals surface area contributed by atoms with Gasteiger partial charge in [-0.15, -0.1) is 0 Å². The van der Waals surface area contributed by atoms with Gasteiger partial charge in [-0.1, -0.05) is 18.2 Å². The van der Waals surface area contributed by atoms with Crippen molar-refractivity contribution in [3.63, 3.8) is 0 Å². The number of hydrogen-bond acceptors (Lipinski definition) is 5. The Bertz CT molecular complexity index is 915. The quantitative estimate of drug-likeness (QED) is 0.779. The zero-order valence-corrected chi connectivity index (χ0v) is 15.8. The summed E-state index contributed by atoms with van der Waals surface area (Å²) >= 11 is 0. The van der Waals surface area contributed by atoms with E-state index in [4.69, 9.17) is 0 Å². The normalized spacial score (nSPS) is 22.0. The van der Waals surface area contributed by atoms with E-state index in [-0.39, 0.29) is 17.4 Å². The van der Waals surface area contributed by atoms with E-state index in [0.29, 0.717) is 37.7 Å². The average molecular weight is 376 g/mol. The highest BCUT2D eigenvalue weighted by molar-refractivity contribution is 7.91. The van der Waals surface area contributed by atoms with E-state index in [9.17, 15) is 13.2 Å². The summed E-state index contributed by atoms with van der Waals surface area (Å²) in [7, 11) is -0.980. The number of aromatic nitrogens is 2. The lowest BCUT2D eigenvalue weighted by molar-refractivity contribution is 0.0553. The molecule has 0 N–H and O–H groups in total. The number of benzene rings is 1. The Morgan fingerprint density at radius 1 is 1.08 bits per heavy atom. The minimum Gasteiger partial charge on any atom is -0.335 e. The Morgan fingerprint density at radius 2 is 1.73 bits per heavy atom. The zero-order valence-electron chi connectivity index (χ0n) is 15.0. The molecule has 1 aromatic heterocycles. The number of amides is 1. The van der Waals surface area contributed by atoms with Crippen LogP contribution in [0.4, 0.5) is 0 Å². The summed E-state index contributed by atoms with van der Waals surface area (Å²) in [5.74, 6) is 0.556. The second-order valence-electron chi connectivity index (χ2n) is 7.20. The van der Waals surface area contributed by atoms with E-state index < -0.39 is 9.84 Å². The minimum absolute atomic E-state index is 0.0207. The van der Waals surface area contributed by atoms with Crippen molar-refractivity contribution < 1.29 is 13.2 Å². The lowest BCUT2D eigenvalue weighted by Gasteiger charge is -2.40. The Hall–Kier alpha value is -1.93. The largest absolute Gasteiger partial charge is 0.335 e. The molecule has 2 saturated heterocycles. The predicted molar refractivity (Wildman–Crippen MR) is 99.9 cm³/mol. The highest BCUT2D eigenvalue weighted by Gasteiger charge is 2.32. The standard InChI is InChI=1S/C18H24N4O3S/c1-20-16-5-3-2-4-15(16)17(19-20)18(23)22-10-8-21(9-11-22)14-6-12-26(24,25)13-7-14/h2-5,14H,6-13H2,1H3. The summed E-state index contributed by atoms with van der Waals surface area (Å²) < 4.78 is 25.0. The summed E-state index contributed by atoms with van der Waals surface area (Å²) in [6.07, 6.45) is 1.42. The van der Waals surface area contributed by atoms with Crippen molar-refractivity contribution in [3.8, 4) is 0 Å². The molecule has 2 aromatic rings. The molecule has 2 aliphatic rings. The molecule has 0 atom stereocenters. The van der Waals surface area contributed by atoms with Crippen LogP contribution in [0.25, 0.3) is 10.9 Å². The molecule has 0 radical (unpaired) electrons. The number of hydrogen-bond donors (Lipinski definition) is 0. The third-order valence-corrected chi connectivity index (χ3v) is 7.32. The molecule has 1 amide bonds. The van der Waals surface area contributed by atoms with Gasteiger partial charge in [0.25, 0.3) is 5.91 Å². The first-order chi connectivity index (χ1) is 12.4. The average Bonchev–Trinajstić information content (AvgIpc) is 2.99. The monoisotopic (exact) mass is 376 g/mol. The van der Waals surface area contributed by atoms with Crippen molar-refractivity contribution >= 4 is 26.6 Å². The molecule has 0 bridgehead atoms. The summed E-state index contributed by atoms with van der Waals surface area (Å²) in [6, 6.07) is 8.10. The first-order valence-corrected chi connectivity index (χ1v) is 10.9. The van der Waals surface area contributed by atoms with Gasteiger partial charge in [-0.05, 0) is 18.9 Å². The van der Waals surface area contributed by atoms with Crippen LogP contribution in [0.3, 0.4) is 0 Å². The number of fused-ring (bicyclic) bond motifs is 1. The van der Waals surface area contributed by atoms with E-state index in [0.717, 1.165) is 24.0 Å². The highest BCUT2D eigenvalue weighted by atomic mass is 32.2. The predicted octanol–water partition coefficient (Wildman–Crippen LogP) is 0.908. The molecule has 4 rings (SSSR count). The van der Waals surface area contributed by atoms with Crippen LogP contribution >= 0.6 is 0 Å². The first-order valence-electron chi connectivity index (χ1n) is 9.10. The highest BCUT2D eigenvalue weighted by Crippen LogP contribution is 2.22. The van der Waals surface area contributed by atoms with Gasteiger partial charge in [-0.3, -0.25) is 14.4 Å². The maximum absolute atomic E-state index is 12.9. The molecule has 140 valence electrons. The molecular weight excluding hydrogens is 352 g/mol. The van der Waals surface area contributed by atoms with Crippen LogP contribution in [0, 0.1) is 0 Å². The third kappa shape index (κ3) is 3.23. The van der Waals surface area contributed by atoms with Crippen LogP contribution in [0.1, 0.15) is 23.3 Å². The van der Waals surface area contributed by atoms with Crippen molar-refractivity contribution in [1.82, 2.24) is 19.6 Å². The summed E-state index contributed by atoms with van der Waals surface area (Å²) in [6.45, 7) is 2.91. The Balaban J connectivity index is 1.42. The number of carbonyl (C=O) groups is 1. The third-order valence-electron chi connectivity index (χ3n) is 5.60. The fourth-order valence-corrected chi connectivity index (χ4v) is 5.52. The summed E-state index contributed by atoms with van der Waals surface area (Å²) in [4.78, 5) is 17.2. The lowest BCUT2D eigenvalue weighted by atomic mass is 10.1. The number of rotatable bonds is 2. The Labute approximate surface area is 153 Å². The van der Waals surface area contributed by atoms with Crippen molar-refractivity contribution in [1.29, 1.82) is 0 Å². The molecule has 8 heteroatoms. The van der Waals surface area contributed by atoms with Crippen LogP contribution < -0.4 is 0 Å². The van der Waals surface area contributed by atoms with E-state index in [1.165, 1.54) is 0 Å². The fourth-order valence-electron chi connectivity index (χ4n) is 4.05. The molecule has 7 nitrogen and oxygen atoms in total. The number of piperazine rings is 1. The van der Waals surface area contributed by atoms with E-state index in [1.807, 2.05) is 36.2 Å². The van der Waals surface area contributed by atoms with Crippen LogP contribution in [0.15, 0.2) is 24.3 Å². The molecule has 0 aliphatic carbocycles. The van der Waals surface area contributed by atoms with Crippen LogP contribution in [-0.2, 0) is 16.9 Å². The number of sulfone groups is 1. The molecule has 0 spiro atoms. The van der Waals surface area contributed by atoms with Crippen LogP contribution in [0.5, 0.6) is 0 Å². The van der Waals surface area contributed by atoms with Gasteiger partial charge in [0.1, 0.15) is 9.84 Å². The Kier molecular flexibility index (Phi) is 4.48. The topological polar surface area (TPSA) is 75.5 Å². The maximum atomic E-state index is 12.9. The summed E-state index contributed by atoms with van der Waals surface area (Å²) in [5.41, 5.74) is 1.47. The number of carbonyl (C=O) groups excluding carboxylic acids is 1. The fraction of sp³-hybridized carbons (Fsp3) is 0.556. The molecule has 0 unspecified atom stereocenters. The van der Waals surface area contributed by atoms with Gasteiger partial charge in [-0.2, -0.15) is 5.10 Å². The Morgan fingerprint density at radius 3 is 2.42 bits per heavy atom. The minimum atomic E-state index is -2.83. The molecule has 2 aliphatic heterocycles. The maximum Gasteiger partial charge on any atom is 0.275 e. The second kappa shape index (κ2) is 6.66. The molecular formula is C18H24N4O3S. The lowest BCUT2D eigenvalue weighted by Crippen LogP contribution is -2.53. The van der Waals surface area contributed by atoms with Crippen molar-refractivity contribution in [2.45, 2.75) is 18.9 Å². The zero-order chi connectivity index (χ0) is 18.3. The smallest absolute Gasteiger partial charge is 0.275 e. The van der Waals surface area contributed by atoms with Crippen molar-refractivity contribution in [2.75, 3.05) is 37.7 Å². The first kappa shape index (κ1) is 17.5. The van der Waals surface area contributed by atoms with Gasteiger partial charge in [0.2, 0.25) is 0 Å². The van der Waals surface area contributed by atoms with Crippen LogP contribution in [0.2, 0.25) is 0 Å². The van der Waals surface area contributed by atoms with Gasteiger partial charge in [0.15, 0.2) is 5.69 Å². The van der Waals surface area contributed by atoms with Crippen molar-refractivity contribution in [3.05, 3.63) is 30.0 Å². The van der Waals surface area contributed by atoms with Gasteiger partial charge >= 0.3 is 0 Å². The second-order valence-corrected chi connectivity index (χ2v) is 9.50.